The first kappa shape index (κ1) is 40.5. The molecule has 7 atom stereocenters. The minimum atomic E-state index is -0.883. The molecule has 290 valence electrons. The Hall–Kier alpha value is -2.67. The first-order valence-electron chi connectivity index (χ1n) is 19.7. The number of carbonyl (C=O) groups is 4. The molecule has 0 bridgehead atoms. The highest BCUT2D eigenvalue weighted by molar-refractivity contribution is 8.01. The number of aliphatic hydroxyl groups is 1. The molecule has 52 heavy (non-hydrogen) atoms. The average Bonchev–Trinajstić information content (AvgIpc) is 3.42. The van der Waals surface area contributed by atoms with E-state index in [9.17, 15) is 24.3 Å². The summed E-state index contributed by atoms with van der Waals surface area (Å²) in [5.41, 5.74) is 0.504. The zero-order chi connectivity index (χ0) is 37.5. The number of rotatable bonds is 13. The van der Waals surface area contributed by atoms with E-state index in [0.29, 0.717) is 30.8 Å². The lowest BCUT2D eigenvalue weighted by molar-refractivity contribution is -0.133. The first-order valence-corrected chi connectivity index (χ1v) is 20.6. The molecular weight excluding hydrogens is 677 g/mol. The van der Waals surface area contributed by atoms with Gasteiger partial charge in [0.05, 0.1) is 23.9 Å². The SMILES string of the molecule is CC(C)(C)NC(=O)[C@@H]1C[C@@H]2CCCC[C@@H]2CN1C[C@H](O)CNC(=O)[C@@H]1N[C@@H](C(NC(=O)Cc2ccccc2)C(=O)NCC2CCCCC2)SC1(C)C. The van der Waals surface area contributed by atoms with E-state index in [4.69, 9.17) is 0 Å². The number of aliphatic hydroxyl groups excluding tert-OH is 1. The molecule has 12 heteroatoms. The Labute approximate surface area is 315 Å². The molecule has 0 radical (unpaired) electrons. The second kappa shape index (κ2) is 18.1. The maximum atomic E-state index is 13.7. The van der Waals surface area contributed by atoms with E-state index in [0.717, 1.165) is 44.2 Å². The Morgan fingerprint density at radius 1 is 0.942 bits per heavy atom. The maximum absolute atomic E-state index is 13.7. The van der Waals surface area contributed by atoms with Gasteiger partial charge in [-0.25, -0.2) is 0 Å². The second-order valence-corrected chi connectivity index (χ2v) is 19.1. The number of β-amino-alcohol motifs (C(OH)–C–C–N with tert-alkyl or cyclic N) is 1. The van der Waals surface area contributed by atoms with Gasteiger partial charge < -0.3 is 26.4 Å². The molecule has 1 aromatic rings. The third kappa shape index (κ3) is 11.4. The third-order valence-corrected chi connectivity index (χ3v) is 12.9. The van der Waals surface area contributed by atoms with Crippen molar-refractivity contribution in [3.05, 3.63) is 35.9 Å². The number of thioether (sulfide) groups is 1. The van der Waals surface area contributed by atoms with Crippen molar-refractivity contribution in [2.45, 2.75) is 145 Å². The lowest BCUT2D eigenvalue weighted by Crippen LogP contribution is -2.60. The van der Waals surface area contributed by atoms with Crippen molar-refractivity contribution in [1.82, 2.24) is 31.5 Å². The molecule has 5 rings (SSSR count). The molecule has 4 amide bonds. The van der Waals surface area contributed by atoms with Crippen molar-refractivity contribution in [3.63, 3.8) is 0 Å². The van der Waals surface area contributed by atoms with Crippen LogP contribution >= 0.6 is 11.8 Å². The monoisotopic (exact) mass is 740 g/mol. The van der Waals surface area contributed by atoms with E-state index >= 15 is 0 Å². The minimum absolute atomic E-state index is 0.000854. The Morgan fingerprint density at radius 3 is 2.31 bits per heavy atom. The molecule has 2 aliphatic heterocycles. The van der Waals surface area contributed by atoms with Gasteiger partial charge in [0, 0.05) is 36.5 Å². The van der Waals surface area contributed by atoms with Crippen LogP contribution in [-0.2, 0) is 25.6 Å². The van der Waals surface area contributed by atoms with Crippen LogP contribution in [0.2, 0.25) is 0 Å². The quantitative estimate of drug-likeness (QED) is 0.180. The molecule has 2 heterocycles. The number of hydrogen-bond acceptors (Lipinski definition) is 8. The van der Waals surface area contributed by atoms with E-state index in [2.05, 4.69) is 31.5 Å². The van der Waals surface area contributed by atoms with Crippen LogP contribution in [0.15, 0.2) is 30.3 Å². The zero-order valence-corrected chi connectivity index (χ0v) is 32.9. The van der Waals surface area contributed by atoms with Crippen LogP contribution < -0.4 is 26.6 Å². The van der Waals surface area contributed by atoms with Crippen molar-refractivity contribution in [2.75, 3.05) is 26.2 Å². The van der Waals surface area contributed by atoms with E-state index in [1.165, 1.54) is 43.9 Å². The number of benzene rings is 1. The van der Waals surface area contributed by atoms with Gasteiger partial charge in [-0.2, -0.15) is 0 Å². The summed E-state index contributed by atoms with van der Waals surface area (Å²) < 4.78 is -0.606. The summed E-state index contributed by atoms with van der Waals surface area (Å²) in [6, 6.07) is 7.58. The van der Waals surface area contributed by atoms with E-state index in [-0.39, 0.29) is 48.2 Å². The summed E-state index contributed by atoms with van der Waals surface area (Å²) in [4.78, 5) is 56.3. The van der Waals surface area contributed by atoms with Crippen LogP contribution in [0.4, 0.5) is 0 Å². The Kier molecular flexibility index (Phi) is 14.1. The molecule has 0 spiro atoms. The number of nitrogens with one attached hydrogen (secondary N) is 5. The van der Waals surface area contributed by atoms with Crippen LogP contribution in [0, 0.1) is 17.8 Å². The normalized spacial score (nSPS) is 27.8. The van der Waals surface area contributed by atoms with Gasteiger partial charge in [0.25, 0.3) is 0 Å². The van der Waals surface area contributed by atoms with Crippen LogP contribution in [0.5, 0.6) is 0 Å². The standard InChI is InChI=1S/C40H64N6O5S/c1-39(2,3)45-35(49)31-21-28-18-12-13-19-29(28)24-46(31)25-30(47)23-42-37(51)34-40(4,5)52-38(44-34)33(36(50)41-22-27-16-10-7-11-17-27)43-32(48)20-26-14-8-6-9-15-26/h6,8-9,14-15,27-31,33-34,38,44,47H,7,10-13,16-25H2,1-5H3,(H,41,50)(H,42,51)(H,43,48)(H,45,49)/t28-,29+,30+,31-,33?,34-,38+/m0/s1. The molecular formula is C40H64N6O5S. The average molecular weight is 741 g/mol. The molecule has 4 aliphatic rings. The van der Waals surface area contributed by atoms with Gasteiger partial charge in [0.1, 0.15) is 12.1 Å². The van der Waals surface area contributed by atoms with Gasteiger partial charge in [-0.3, -0.25) is 29.4 Å². The fourth-order valence-corrected chi connectivity index (χ4v) is 10.2. The summed E-state index contributed by atoms with van der Waals surface area (Å²) in [7, 11) is 0. The van der Waals surface area contributed by atoms with Gasteiger partial charge in [-0.15, -0.1) is 11.8 Å². The first-order chi connectivity index (χ1) is 24.7. The summed E-state index contributed by atoms with van der Waals surface area (Å²) in [6.07, 6.45) is 10.5. The van der Waals surface area contributed by atoms with Gasteiger partial charge in [0.15, 0.2) is 0 Å². The van der Waals surface area contributed by atoms with Crippen LogP contribution in [0.1, 0.15) is 104 Å². The summed E-state index contributed by atoms with van der Waals surface area (Å²) >= 11 is 1.47. The number of nitrogens with zero attached hydrogens (tertiary/aromatic N) is 1. The van der Waals surface area contributed by atoms with Gasteiger partial charge >= 0.3 is 0 Å². The number of carbonyl (C=O) groups excluding carboxylic acids is 4. The zero-order valence-electron chi connectivity index (χ0n) is 32.0. The highest BCUT2D eigenvalue weighted by Crippen LogP contribution is 2.40. The fourth-order valence-electron chi connectivity index (χ4n) is 8.66. The Morgan fingerprint density at radius 2 is 1.62 bits per heavy atom. The van der Waals surface area contributed by atoms with Crippen LogP contribution in [-0.4, -0.2) is 99.7 Å². The van der Waals surface area contributed by atoms with Gasteiger partial charge in [-0.1, -0.05) is 68.9 Å². The van der Waals surface area contributed by atoms with Crippen molar-refractivity contribution in [2.24, 2.45) is 17.8 Å². The second-order valence-electron chi connectivity index (χ2n) is 17.3. The molecule has 6 N–H and O–H groups in total. The van der Waals surface area contributed by atoms with Crippen molar-refractivity contribution in [3.8, 4) is 0 Å². The molecule has 11 nitrogen and oxygen atoms in total. The van der Waals surface area contributed by atoms with E-state index in [1.54, 1.807) is 0 Å². The predicted octanol–water partition coefficient (Wildman–Crippen LogP) is 3.49. The summed E-state index contributed by atoms with van der Waals surface area (Å²) in [6.45, 7) is 11.5. The molecule has 2 aliphatic carbocycles. The van der Waals surface area contributed by atoms with E-state index in [1.807, 2.05) is 65.0 Å². The molecule has 2 saturated heterocycles. The minimum Gasteiger partial charge on any atom is -0.390 e. The lowest BCUT2D eigenvalue weighted by Gasteiger charge is -2.46. The fraction of sp³-hybridized carbons (Fsp3) is 0.750. The Balaban J connectivity index is 1.20. The lowest BCUT2D eigenvalue weighted by atomic mass is 9.72. The van der Waals surface area contributed by atoms with E-state index < -0.39 is 28.3 Å². The third-order valence-electron chi connectivity index (χ3n) is 11.4. The van der Waals surface area contributed by atoms with Gasteiger partial charge in [0.2, 0.25) is 23.6 Å². The maximum Gasteiger partial charge on any atom is 0.245 e. The number of hydrogen-bond donors (Lipinski definition) is 6. The highest BCUT2D eigenvalue weighted by atomic mass is 32.2. The highest BCUT2D eigenvalue weighted by Gasteiger charge is 2.49. The molecule has 1 aromatic carbocycles. The largest absolute Gasteiger partial charge is 0.390 e. The number of amides is 4. The summed E-state index contributed by atoms with van der Waals surface area (Å²) in [5, 5.41) is 26.3. The van der Waals surface area contributed by atoms with Crippen molar-refractivity contribution >= 4 is 35.4 Å². The smallest absolute Gasteiger partial charge is 0.245 e. The topological polar surface area (TPSA) is 152 Å². The summed E-state index contributed by atoms with van der Waals surface area (Å²) in [5.74, 6) is 0.696. The predicted molar refractivity (Wildman–Crippen MR) is 206 cm³/mol. The van der Waals surface area contributed by atoms with Gasteiger partial charge in [-0.05, 0) is 83.6 Å². The number of likely N-dealkylation sites (tertiary alicyclic amines) is 1. The molecule has 1 unspecified atom stereocenters. The Bertz CT molecular complexity index is 1370. The van der Waals surface area contributed by atoms with Crippen molar-refractivity contribution in [1.29, 1.82) is 0 Å². The van der Waals surface area contributed by atoms with Crippen LogP contribution in [0.25, 0.3) is 0 Å². The molecule has 2 saturated carbocycles. The molecule has 4 fully saturated rings. The number of fused-ring (bicyclic) bond motifs is 1. The number of piperidine rings is 1. The van der Waals surface area contributed by atoms with Crippen molar-refractivity contribution < 1.29 is 24.3 Å². The van der Waals surface area contributed by atoms with Crippen LogP contribution in [0.3, 0.4) is 0 Å². The molecule has 0 aromatic heterocycles.